The number of fused-ring (bicyclic) bond motifs is 1. The number of ether oxygens (including phenoxy) is 1. The number of hydrogen-bond donors (Lipinski definition) is 0. The Morgan fingerprint density at radius 2 is 1.19 bits per heavy atom. The number of hydrogen-bond acceptors (Lipinski definition) is 5. The molecule has 2 aromatic heterocycles. The first-order valence-electron chi connectivity index (χ1n) is 12.1. The Kier molecular flexibility index (Phi) is 6.64. The van der Waals surface area contributed by atoms with Crippen LogP contribution in [-0.4, -0.2) is 19.6 Å². The highest BCUT2D eigenvalue weighted by atomic mass is 32.2. The summed E-state index contributed by atoms with van der Waals surface area (Å²) in [6.45, 7) is 0.395. The van der Waals surface area contributed by atoms with Crippen LogP contribution in [0.15, 0.2) is 127 Å². The number of imidazole rings is 1. The van der Waals surface area contributed by atoms with Crippen LogP contribution in [-0.2, 0) is 12.4 Å². The van der Waals surface area contributed by atoms with Gasteiger partial charge in [0.25, 0.3) is 5.88 Å². The quantitative estimate of drug-likeness (QED) is 0.205. The SMILES string of the molecule is c1ccc(-c2ccc(COc3nnc(SCc4ccc(-c5ccccc5)cc4)n4ccnc34)cc2)cc1. The Morgan fingerprint density at radius 1 is 0.622 bits per heavy atom. The van der Waals surface area contributed by atoms with Gasteiger partial charge in [0.15, 0.2) is 5.16 Å². The van der Waals surface area contributed by atoms with E-state index in [0.717, 1.165) is 16.5 Å². The summed E-state index contributed by atoms with van der Waals surface area (Å²) in [6, 6.07) is 37.7. The van der Waals surface area contributed by atoms with E-state index in [1.54, 1.807) is 18.0 Å². The third kappa shape index (κ3) is 5.25. The molecule has 0 amide bonds. The maximum absolute atomic E-state index is 6.02. The van der Waals surface area contributed by atoms with Gasteiger partial charge in [-0.05, 0) is 33.4 Å². The molecule has 180 valence electrons. The van der Waals surface area contributed by atoms with Gasteiger partial charge in [0, 0.05) is 18.1 Å². The van der Waals surface area contributed by atoms with Crippen molar-refractivity contribution in [2.24, 2.45) is 0 Å². The van der Waals surface area contributed by atoms with Crippen molar-refractivity contribution in [2.75, 3.05) is 0 Å². The molecule has 4 aromatic carbocycles. The van der Waals surface area contributed by atoms with E-state index >= 15 is 0 Å². The molecule has 0 N–H and O–H groups in total. The molecule has 0 radical (unpaired) electrons. The van der Waals surface area contributed by atoms with Gasteiger partial charge in [-0.1, -0.05) is 121 Å². The molecule has 0 aliphatic heterocycles. The van der Waals surface area contributed by atoms with Crippen LogP contribution in [0.1, 0.15) is 11.1 Å². The van der Waals surface area contributed by atoms with Crippen molar-refractivity contribution in [2.45, 2.75) is 17.5 Å². The number of thioether (sulfide) groups is 1. The second kappa shape index (κ2) is 10.7. The third-order valence-electron chi connectivity index (χ3n) is 6.13. The lowest BCUT2D eigenvalue weighted by atomic mass is 10.0. The van der Waals surface area contributed by atoms with Gasteiger partial charge in [0.2, 0.25) is 5.65 Å². The lowest BCUT2D eigenvalue weighted by molar-refractivity contribution is 0.290. The predicted octanol–water partition coefficient (Wildman–Crippen LogP) is 7.33. The first kappa shape index (κ1) is 23.0. The Labute approximate surface area is 219 Å². The van der Waals surface area contributed by atoms with Crippen molar-refractivity contribution in [3.05, 3.63) is 133 Å². The zero-order chi connectivity index (χ0) is 24.9. The fourth-order valence-electron chi connectivity index (χ4n) is 4.14. The Hall–Kier alpha value is -4.42. The molecule has 0 fully saturated rings. The minimum absolute atomic E-state index is 0.395. The van der Waals surface area contributed by atoms with Gasteiger partial charge < -0.3 is 4.74 Å². The van der Waals surface area contributed by atoms with Crippen molar-refractivity contribution >= 4 is 17.4 Å². The molecule has 37 heavy (non-hydrogen) atoms. The van der Waals surface area contributed by atoms with E-state index < -0.39 is 0 Å². The van der Waals surface area contributed by atoms with Crippen LogP contribution in [0.2, 0.25) is 0 Å². The van der Waals surface area contributed by atoms with Gasteiger partial charge in [-0.2, -0.15) is 0 Å². The molecule has 0 spiro atoms. The summed E-state index contributed by atoms with van der Waals surface area (Å²) in [5.74, 6) is 1.21. The Bertz CT molecular complexity index is 1480. The summed E-state index contributed by atoms with van der Waals surface area (Å²) in [7, 11) is 0. The average molecular weight is 501 g/mol. The molecule has 0 atom stereocenters. The first-order chi connectivity index (χ1) is 18.3. The molecule has 2 heterocycles. The molecule has 0 aliphatic rings. The predicted molar refractivity (Wildman–Crippen MR) is 148 cm³/mol. The van der Waals surface area contributed by atoms with Gasteiger partial charge >= 0.3 is 0 Å². The van der Waals surface area contributed by atoms with Gasteiger partial charge in [-0.3, -0.25) is 4.40 Å². The molecular weight excluding hydrogens is 476 g/mol. The van der Waals surface area contributed by atoms with Crippen LogP contribution in [0.4, 0.5) is 0 Å². The summed E-state index contributed by atoms with van der Waals surface area (Å²) in [6.07, 6.45) is 3.64. The first-order valence-corrected chi connectivity index (χ1v) is 13.1. The van der Waals surface area contributed by atoms with Crippen LogP contribution in [0.25, 0.3) is 27.9 Å². The van der Waals surface area contributed by atoms with Crippen LogP contribution in [0, 0.1) is 0 Å². The fourth-order valence-corrected chi connectivity index (χ4v) is 5.01. The van der Waals surface area contributed by atoms with Gasteiger partial charge in [0.05, 0.1) is 0 Å². The minimum Gasteiger partial charge on any atom is -0.469 e. The maximum atomic E-state index is 6.02. The highest BCUT2D eigenvalue weighted by Gasteiger charge is 2.12. The Morgan fingerprint density at radius 3 is 1.81 bits per heavy atom. The highest BCUT2D eigenvalue weighted by molar-refractivity contribution is 7.98. The third-order valence-corrected chi connectivity index (χ3v) is 7.14. The largest absolute Gasteiger partial charge is 0.469 e. The van der Waals surface area contributed by atoms with Gasteiger partial charge in [-0.25, -0.2) is 4.98 Å². The van der Waals surface area contributed by atoms with Gasteiger partial charge in [0.1, 0.15) is 6.61 Å². The molecule has 0 unspecified atom stereocenters. The summed E-state index contributed by atoms with van der Waals surface area (Å²) >= 11 is 1.63. The van der Waals surface area contributed by atoms with E-state index in [4.69, 9.17) is 4.74 Å². The molecule has 6 aromatic rings. The van der Waals surface area contributed by atoms with Crippen molar-refractivity contribution < 1.29 is 4.74 Å². The second-order valence-corrected chi connectivity index (χ2v) is 9.55. The van der Waals surface area contributed by atoms with E-state index in [9.17, 15) is 0 Å². The van der Waals surface area contributed by atoms with Crippen LogP contribution in [0.5, 0.6) is 5.88 Å². The van der Waals surface area contributed by atoms with E-state index in [1.165, 1.54) is 27.8 Å². The van der Waals surface area contributed by atoms with Crippen LogP contribution in [0.3, 0.4) is 0 Å². The molecule has 5 nitrogen and oxygen atoms in total. The molecular formula is C31H24N4OS. The molecule has 0 saturated heterocycles. The topological polar surface area (TPSA) is 52.3 Å². The van der Waals surface area contributed by atoms with E-state index in [0.29, 0.717) is 18.1 Å². The lowest BCUT2D eigenvalue weighted by Gasteiger charge is -2.09. The highest BCUT2D eigenvalue weighted by Crippen LogP contribution is 2.27. The number of benzene rings is 4. The van der Waals surface area contributed by atoms with Gasteiger partial charge in [-0.15, -0.1) is 10.2 Å². The van der Waals surface area contributed by atoms with Crippen molar-refractivity contribution in [3.8, 4) is 28.1 Å². The van der Waals surface area contributed by atoms with E-state index in [-0.39, 0.29) is 0 Å². The smallest absolute Gasteiger partial charge is 0.278 e. The lowest BCUT2D eigenvalue weighted by Crippen LogP contribution is -2.04. The summed E-state index contributed by atoms with van der Waals surface area (Å²) in [4.78, 5) is 4.47. The molecule has 0 aliphatic carbocycles. The van der Waals surface area contributed by atoms with E-state index in [1.807, 2.05) is 34.9 Å². The molecule has 6 rings (SSSR count). The monoisotopic (exact) mass is 500 g/mol. The zero-order valence-corrected chi connectivity index (χ0v) is 20.9. The molecule has 0 saturated carbocycles. The molecule has 6 heteroatoms. The maximum Gasteiger partial charge on any atom is 0.278 e. The van der Waals surface area contributed by atoms with Crippen LogP contribution < -0.4 is 4.74 Å². The summed E-state index contributed by atoms with van der Waals surface area (Å²) in [5, 5.41) is 9.56. The fraction of sp³-hybridized carbons (Fsp3) is 0.0645. The summed E-state index contributed by atoms with van der Waals surface area (Å²) < 4.78 is 7.95. The normalized spacial score (nSPS) is 11.0. The van der Waals surface area contributed by atoms with E-state index in [2.05, 4.69) is 100 Å². The van der Waals surface area contributed by atoms with Crippen molar-refractivity contribution in [3.63, 3.8) is 0 Å². The minimum atomic E-state index is 0.395. The molecule has 0 bridgehead atoms. The van der Waals surface area contributed by atoms with Crippen molar-refractivity contribution in [1.29, 1.82) is 0 Å². The average Bonchev–Trinajstić information content (AvgIpc) is 3.47. The second-order valence-electron chi connectivity index (χ2n) is 8.61. The number of nitrogens with zero attached hydrogens (tertiary/aromatic N) is 4. The van der Waals surface area contributed by atoms with Crippen molar-refractivity contribution in [1.82, 2.24) is 19.6 Å². The number of aromatic nitrogens is 4. The summed E-state index contributed by atoms with van der Waals surface area (Å²) in [5.41, 5.74) is 7.74. The van der Waals surface area contributed by atoms with Crippen LogP contribution >= 0.6 is 11.8 Å². The zero-order valence-electron chi connectivity index (χ0n) is 20.1. The number of rotatable bonds is 8. The standard InChI is InChI=1S/C31H24N4OS/c1-3-7-25(8-4-1)27-15-11-23(12-16-27)21-36-30-29-32-19-20-35(29)31(34-33-30)37-22-24-13-17-28(18-14-24)26-9-5-2-6-10-26/h1-20H,21-22H2. The Balaban J connectivity index is 1.11.